The zero-order valence-electron chi connectivity index (χ0n) is 5.80. The van der Waals surface area contributed by atoms with Crippen molar-refractivity contribution in [1.82, 2.24) is 0 Å². The predicted octanol–water partition coefficient (Wildman–Crippen LogP) is -0.401. The van der Waals surface area contributed by atoms with Crippen LogP contribution in [0.25, 0.3) is 0 Å². The van der Waals surface area contributed by atoms with Gasteiger partial charge in [0.15, 0.2) is 12.3 Å². The number of hydrogen-bond acceptors (Lipinski definition) is 4. The minimum Gasteiger partial charge on any atom is -0.479 e. The van der Waals surface area contributed by atoms with Crippen LogP contribution in [0.1, 0.15) is 6.42 Å². The number of carbonyl (C=O) groups is 1. The highest BCUT2D eigenvalue weighted by molar-refractivity contribution is 7.44. The maximum atomic E-state index is 10.5. The fourth-order valence-corrected chi connectivity index (χ4v) is 1.13. The molecule has 0 amide bonds. The van der Waals surface area contributed by atoms with E-state index >= 15 is 0 Å². The summed E-state index contributed by atoms with van der Waals surface area (Å²) in [4.78, 5) is 9.99. The molecule has 0 heterocycles. The summed E-state index contributed by atoms with van der Waals surface area (Å²) in [5, 5.41) is 25.1. The molecule has 64 valence electrons. The lowest BCUT2D eigenvalue weighted by molar-refractivity contribution is -0.146. The Kier molecular flexibility index (Phi) is 4.94. The van der Waals surface area contributed by atoms with Gasteiger partial charge in [0.2, 0.25) is 6.35 Å². The Hall–Kier alpha value is -0.510. The summed E-state index contributed by atoms with van der Waals surface area (Å²) in [7, 11) is -1.75. The van der Waals surface area contributed by atoms with Crippen molar-refractivity contribution in [3.63, 3.8) is 0 Å². The number of hydrogen-bond donors (Lipinski definition) is 3. The summed E-state index contributed by atoms with van der Waals surface area (Å²) >= 11 is 0. The Morgan fingerprint density at radius 1 is 1.55 bits per heavy atom. The van der Waals surface area contributed by atoms with Gasteiger partial charge in [0.05, 0.1) is 0 Å². The summed E-state index contributed by atoms with van der Waals surface area (Å²) in [6.45, 7) is 0. The van der Waals surface area contributed by atoms with Crippen LogP contribution in [0.5, 0.6) is 0 Å². The highest BCUT2D eigenvalue weighted by Crippen LogP contribution is 2.19. The van der Waals surface area contributed by atoms with E-state index in [4.69, 9.17) is 15.3 Å². The third kappa shape index (κ3) is 4.84. The molecule has 5 nitrogen and oxygen atoms in total. The lowest BCUT2D eigenvalue weighted by Crippen LogP contribution is -2.19. The molecule has 3 N–H and O–H groups in total. The zero-order valence-corrected chi connectivity index (χ0v) is 6.70. The molecule has 0 bridgehead atoms. The molecule has 0 aromatic carbocycles. The van der Waals surface area contributed by atoms with Crippen LogP contribution in [0.3, 0.4) is 0 Å². The van der Waals surface area contributed by atoms with Gasteiger partial charge in [-0.05, 0) is 0 Å². The van der Waals surface area contributed by atoms with Crippen molar-refractivity contribution >= 4 is 13.8 Å². The van der Waals surface area contributed by atoms with E-state index in [-0.39, 0.29) is 12.6 Å². The molecule has 0 spiro atoms. The molecule has 0 fully saturated rings. The predicted molar refractivity (Wildman–Crippen MR) is 37.8 cm³/mol. The van der Waals surface area contributed by atoms with Crippen molar-refractivity contribution in [2.45, 2.75) is 12.5 Å². The van der Waals surface area contributed by atoms with Gasteiger partial charge in [-0.3, -0.25) is 0 Å². The van der Waals surface area contributed by atoms with Crippen molar-refractivity contribution < 1.29 is 24.7 Å². The van der Waals surface area contributed by atoms with E-state index in [1.807, 2.05) is 0 Å². The highest BCUT2D eigenvalue weighted by Gasteiger charge is 2.20. The van der Waals surface area contributed by atoms with E-state index in [1.54, 1.807) is 0 Å². The number of carboxylic acid groups (broad SMARTS) is 1. The first-order valence-corrected chi connectivity index (χ1v) is 4.64. The monoisotopic (exact) mass is 181 g/mol. The van der Waals surface area contributed by atoms with E-state index in [9.17, 15) is 9.36 Å². The number of aliphatic hydroxyl groups excluding tert-OH is 2. The number of rotatable bonds is 5. The van der Waals surface area contributed by atoms with Gasteiger partial charge in [-0.15, -0.1) is 0 Å². The van der Waals surface area contributed by atoms with Gasteiger partial charge in [-0.25, -0.2) is 4.79 Å². The van der Waals surface area contributed by atoms with Crippen LogP contribution in [-0.2, 0) is 9.36 Å². The second-order valence-electron chi connectivity index (χ2n) is 1.99. The van der Waals surface area contributed by atoms with Gasteiger partial charge in [0.1, 0.15) is 0 Å². The molecule has 2 unspecified atom stereocenters. The average molecular weight is 181 g/mol. The molecule has 11 heavy (non-hydrogen) atoms. The zero-order chi connectivity index (χ0) is 8.85. The molecule has 0 aromatic rings. The standard InChI is InChI=1S/C5H9O5P/c6-3-11(10)2-1-4(7)5(8)9/h4,6-7H,1-3H2/p+1. The maximum Gasteiger partial charge on any atom is 0.366 e. The fraction of sp³-hybridized carbons (Fsp3) is 0.800. The largest absolute Gasteiger partial charge is 0.479 e. The fourth-order valence-electron chi connectivity index (χ4n) is 0.460. The van der Waals surface area contributed by atoms with Gasteiger partial charge in [0, 0.05) is 6.42 Å². The van der Waals surface area contributed by atoms with Gasteiger partial charge in [-0.1, -0.05) is 4.57 Å². The second-order valence-corrected chi connectivity index (χ2v) is 3.68. The minimum absolute atomic E-state index is 0.0410. The minimum atomic E-state index is -1.75. The number of aliphatic carboxylic acids is 1. The van der Waals surface area contributed by atoms with Gasteiger partial charge < -0.3 is 15.3 Å². The van der Waals surface area contributed by atoms with Crippen molar-refractivity contribution in [2.24, 2.45) is 0 Å². The van der Waals surface area contributed by atoms with E-state index in [1.165, 1.54) is 0 Å². The molecule has 0 aliphatic rings. The number of aliphatic hydroxyl groups is 2. The van der Waals surface area contributed by atoms with Gasteiger partial charge >= 0.3 is 13.8 Å². The third-order valence-corrected chi connectivity index (χ3v) is 2.17. The van der Waals surface area contributed by atoms with E-state index < -0.39 is 26.2 Å². The summed E-state index contributed by atoms with van der Waals surface area (Å²) in [6, 6.07) is 0. The Morgan fingerprint density at radius 3 is 2.45 bits per heavy atom. The average Bonchev–Trinajstić information content (AvgIpc) is 1.99. The Balaban J connectivity index is 3.54. The first-order chi connectivity index (χ1) is 5.07. The summed E-state index contributed by atoms with van der Waals surface area (Å²) < 4.78 is 10.5. The van der Waals surface area contributed by atoms with E-state index in [0.717, 1.165) is 0 Å². The van der Waals surface area contributed by atoms with Crippen molar-refractivity contribution in [1.29, 1.82) is 0 Å². The van der Waals surface area contributed by atoms with Crippen LogP contribution in [0.15, 0.2) is 0 Å². The van der Waals surface area contributed by atoms with Gasteiger partial charge in [-0.2, -0.15) is 0 Å². The Bertz CT molecular complexity index is 157. The summed E-state index contributed by atoms with van der Waals surface area (Å²) in [5.41, 5.74) is 0. The van der Waals surface area contributed by atoms with Crippen LogP contribution in [-0.4, -0.2) is 39.9 Å². The smallest absolute Gasteiger partial charge is 0.366 e. The molecule has 2 atom stereocenters. The van der Waals surface area contributed by atoms with E-state index in [2.05, 4.69) is 0 Å². The highest BCUT2D eigenvalue weighted by atomic mass is 31.1. The normalized spacial score (nSPS) is 14.2. The quantitative estimate of drug-likeness (QED) is 0.501. The first kappa shape index (κ1) is 10.5. The molecular formula is C5H10O5P+. The molecule has 0 saturated heterocycles. The molecule has 0 rings (SSSR count). The Labute approximate surface area is 64.4 Å². The van der Waals surface area contributed by atoms with E-state index in [0.29, 0.717) is 0 Å². The molecule has 0 aromatic heterocycles. The van der Waals surface area contributed by atoms with Gasteiger partial charge in [0.25, 0.3) is 0 Å². The second kappa shape index (κ2) is 5.18. The van der Waals surface area contributed by atoms with Crippen LogP contribution in [0.4, 0.5) is 0 Å². The molecule has 0 aliphatic heterocycles. The van der Waals surface area contributed by atoms with Crippen LogP contribution in [0.2, 0.25) is 0 Å². The van der Waals surface area contributed by atoms with Crippen molar-refractivity contribution in [2.75, 3.05) is 12.5 Å². The van der Waals surface area contributed by atoms with Crippen LogP contribution >= 0.6 is 7.80 Å². The van der Waals surface area contributed by atoms with Crippen molar-refractivity contribution in [3.05, 3.63) is 0 Å². The Morgan fingerprint density at radius 2 is 2.09 bits per heavy atom. The van der Waals surface area contributed by atoms with Crippen LogP contribution < -0.4 is 0 Å². The lowest BCUT2D eigenvalue weighted by atomic mass is 10.3. The topological polar surface area (TPSA) is 94.8 Å². The third-order valence-electron chi connectivity index (χ3n) is 1.09. The van der Waals surface area contributed by atoms with Crippen LogP contribution in [0, 0.1) is 0 Å². The molecule has 0 aliphatic carbocycles. The summed E-state index contributed by atoms with van der Waals surface area (Å²) in [6.07, 6.45) is -1.97. The molecule has 0 radical (unpaired) electrons. The molecule has 0 saturated carbocycles. The lowest BCUT2D eigenvalue weighted by Gasteiger charge is -1.97. The summed E-state index contributed by atoms with van der Waals surface area (Å²) in [5.74, 6) is -1.33. The SMILES string of the molecule is O=C(O)C(O)CC[P+](=O)CO. The van der Waals surface area contributed by atoms with Crippen molar-refractivity contribution in [3.8, 4) is 0 Å². The number of carboxylic acids is 1. The molecular weight excluding hydrogens is 171 g/mol. The first-order valence-electron chi connectivity index (χ1n) is 3.01. The maximum absolute atomic E-state index is 10.5. The molecule has 6 heteroatoms.